The Morgan fingerprint density at radius 1 is 1.14 bits per heavy atom. The Kier molecular flexibility index (Phi) is 6.07. The molecular formula is C22H26N4O3. The number of furan rings is 1. The molecule has 1 amide bonds. The van der Waals surface area contributed by atoms with Crippen molar-refractivity contribution in [3.05, 3.63) is 77.6 Å². The number of amides is 1. The third kappa shape index (κ3) is 4.93. The van der Waals surface area contributed by atoms with Crippen molar-refractivity contribution < 1.29 is 13.7 Å². The van der Waals surface area contributed by atoms with Gasteiger partial charge in [0.25, 0.3) is 0 Å². The Hall–Kier alpha value is -2.90. The predicted molar refractivity (Wildman–Crippen MR) is 108 cm³/mol. The monoisotopic (exact) mass is 394 g/mol. The summed E-state index contributed by atoms with van der Waals surface area (Å²) in [5, 5.41) is 7.42. The van der Waals surface area contributed by atoms with Gasteiger partial charge in [-0.1, -0.05) is 35.5 Å². The first-order valence-corrected chi connectivity index (χ1v) is 9.93. The molecule has 1 aliphatic heterocycles. The van der Waals surface area contributed by atoms with Gasteiger partial charge in [-0.2, -0.15) is 0 Å². The van der Waals surface area contributed by atoms with Gasteiger partial charge in [-0.05, 0) is 24.6 Å². The van der Waals surface area contributed by atoms with E-state index < -0.39 is 0 Å². The molecule has 2 aromatic heterocycles. The molecule has 152 valence electrons. The summed E-state index contributed by atoms with van der Waals surface area (Å²) < 4.78 is 10.7. The van der Waals surface area contributed by atoms with Gasteiger partial charge in [0.1, 0.15) is 11.5 Å². The maximum absolute atomic E-state index is 12.8. The van der Waals surface area contributed by atoms with E-state index in [2.05, 4.69) is 15.4 Å². The van der Waals surface area contributed by atoms with Gasteiger partial charge in [-0.3, -0.25) is 15.0 Å². The number of carbonyl (C=O) groups excluding carboxylic acids is 1. The highest BCUT2D eigenvalue weighted by molar-refractivity contribution is 5.78. The molecule has 1 saturated heterocycles. The summed E-state index contributed by atoms with van der Waals surface area (Å²) in [7, 11) is 0. The van der Waals surface area contributed by atoms with E-state index in [0.717, 1.165) is 42.4 Å². The average Bonchev–Trinajstić information content (AvgIpc) is 3.42. The second kappa shape index (κ2) is 9.07. The number of piperazine rings is 1. The third-order valence-electron chi connectivity index (χ3n) is 5.21. The van der Waals surface area contributed by atoms with E-state index in [4.69, 9.17) is 8.94 Å². The molecule has 1 aromatic carbocycles. The van der Waals surface area contributed by atoms with Crippen LogP contribution in [0.4, 0.5) is 0 Å². The van der Waals surface area contributed by atoms with Crippen LogP contribution in [0.2, 0.25) is 0 Å². The molecule has 0 spiro atoms. The second-order valence-corrected chi connectivity index (χ2v) is 7.33. The highest BCUT2D eigenvalue weighted by Gasteiger charge is 2.23. The van der Waals surface area contributed by atoms with Crippen molar-refractivity contribution in [2.75, 3.05) is 32.7 Å². The van der Waals surface area contributed by atoms with E-state index in [0.29, 0.717) is 13.1 Å². The number of carbonyl (C=O) groups is 1. The highest BCUT2D eigenvalue weighted by atomic mass is 16.5. The van der Waals surface area contributed by atoms with Crippen LogP contribution in [0, 0.1) is 6.92 Å². The molecule has 1 N–H and O–H groups in total. The molecule has 4 rings (SSSR count). The van der Waals surface area contributed by atoms with Crippen LogP contribution in [0.1, 0.15) is 28.8 Å². The fourth-order valence-corrected chi connectivity index (χ4v) is 3.66. The van der Waals surface area contributed by atoms with Crippen molar-refractivity contribution in [2.45, 2.75) is 19.5 Å². The summed E-state index contributed by atoms with van der Waals surface area (Å²) in [4.78, 5) is 17.0. The predicted octanol–water partition coefficient (Wildman–Crippen LogP) is 2.60. The summed E-state index contributed by atoms with van der Waals surface area (Å²) in [5.74, 6) is 1.73. The number of nitrogens with zero attached hydrogens (tertiary/aromatic N) is 3. The summed E-state index contributed by atoms with van der Waals surface area (Å²) in [6, 6.07) is 15.6. The molecule has 3 aromatic rings. The molecule has 1 aliphatic rings. The first-order valence-electron chi connectivity index (χ1n) is 9.93. The van der Waals surface area contributed by atoms with E-state index >= 15 is 0 Å². The average molecular weight is 394 g/mol. The lowest BCUT2D eigenvalue weighted by Crippen LogP contribution is -2.50. The number of rotatable bonds is 7. The number of aryl methyl sites for hydroxylation is 1. The van der Waals surface area contributed by atoms with Crippen LogP contribution in [0.15, 0.2) is 63.7 Å². The quantitative estimate of drug-likeness (QED) is 0.664. The van der Waals surface area contributed by atoms with Gasteiger partial charge in [-0.25, -0.2) is 0 Å². The lowest BCUT2D eigenvalue weighted by molar-refractivity contribution is -0.132. The Morgan fingerprint density at radius 2 is 1.93 bits per heavy atom. The zero-order valence-corrected chi connectivity index (χ0v) is 16.6. The molecule has 1 atom stereocenters. The Bertz CT molecular complexity index is 899. The Balaban J connectivity index is 1.30. The molecule has 1 fully saturated rings. The van der Waals surface area contributed by atoms with E-state index in [1.54, 1.807) is 6.26 Å². The van der Waals surface area contributed by atoms with Crippen molar-refractivity contribution in [2.24, 2.45) is 0 Å². The van der Waals surface area contributed by atoms with Gasteiger partial charge >= 0.3 is 0 Å². The Labute approximate surface area is 170 Å². The number of hydrogen-bond acceptors (Lipinski definition) is 6. The van der Waals surface area contributed by atoms with E-state index in [9.17, 15) is 4.79 Å². The fraction of sp³-hybridized carbons (Fsp3) is 0.364. The number of aromatic nitrogens is 1. The van der Waals surface area contributed by atoms with Crippen molar-refractivity contribution in [3.63, 3.8) is 0 Å². The zero-order chi connectivity index (χ0) is 20.1. The Morgan fingerprint density at radius 3 is 2.59 bits per heavy atom. The summed E-state index contributed by atoms with van der Waals surface area (Å²) in [6.07, 6.45) is 1.66. The maximum Gasteiger partial charge on any atom is 0.236 e. The molecule has 7 nitrogen and oxygen atoms in total. The topological polar surface area (TPSA) is 74.8 Å². The molecule has 29 heavy (non-hydrogen) atoms. The lowest BCUT2D eigenvalue weighted by atomic mass is 10.0. The second-order valence-electron chi connectivity index (χ2n) is 7.33. The SMILES string of the molecule is Cc1cc(CN2CCN(C(=O)CN[C@H](c3ccccc3)c3ccco3)CC2)no1. The van der Waals surface area contributed by atoms with Crippen molar-refractivity contribution >= 4 is 5.91 Å². The van der Waals surface area contributed by atoms with Gasteiger partial charge in [0, 0.05) is 38.8 Å². The largest absolute Gasteiger partial charge is 0.467 e. The summed E-state index contributed by atoms with van der Waals surface area (Å²) in [6.45, 7) is 6.01. The zero-order valence-electron chi connectivity index (χ0n) is 16.6. The first-order chi connectivity index (χ1) is 14.2. The maximum atomic E-state index is 12.8. The van der Waals surface area contributed by atoms with Crippen LogP contribution in [-0.4, -0.2) is 53.6 Å². The molecule has 0 saturated carbocycles. The van der Waals surface area contributed by atoms with E-state index in [1.165, 1.54) is 0 Å². The van der Waals surface area contributed by atoms with Crippen LogP contribution in [0.3, 0.4) is 0 Å². The van der Waals surface area contributed by atoms with Gasteiger partial charge in [0.05, 0.1) is 24.5 Å². The summed E-state index contributed by atoms with van der Waals surface area (Å²) in [5.41, 5.74) is 2.01. The molecular weight excluding hydrogens is 368 g/mol. The van der Waals surface area contributed by atoms with Crippen LogP contribution < -0.4 is 5.32 Å². The molecule has 0 radical (unpaired) electrons. The van der Waals surface area contributed by atoms with Crippen LogP contribution in [0.25, 0.3) is 0 Å². The third-order valence-corrected chi connectivity index (χ3v) is 5.21. The van der Waals surface area contributed by atoms with Gasteiger partial charge in [0.2, 0.25) is 5.91 Å². The van der Waals surface area contributed by atoms with Gasteiger partial charge in [-0.15, -0.1) is 0 Å². The minimum Gasteiger partial charge on any atom is -0.467 e. The van der Waals surface area contributed by atoms with E-state index in [-0.39, 0.29) is 18.5 Å². The number of hydrogen-bond donors (Lipinski definition) is 1. The first kappa shape index (κ1) is 19.4. The highest BCUT2D eigenvalue weighted by Crippen LogP contribution is 2.22. The van der Waals surface area contributed by atoms with Crippen LogP contribution in [-0.2, 0) is 11.3 Å². The van der Waals surface area contributed by atoms with Crippen molar-refractivity contribution in [3.8, 4) is 0 Å². The molecule has 3 heterocycles. The standard InChI is InChI=1S/C22H26N4O3/c1-17-14-19(24-29-17)16-25-9-11-26(12-10-25)21(27)15-23-22(20-8-5-13-28-20)18-6-3-2-4-7-18/h2-8,13-14,22-23H,9-12,15-16H2,1H3/t22-/m1/s1. The van der Waals surface area contributed by atoms with Gasteiger partial charge in [0.15, 0.2) is 0 Å². The molecule has 7 heteroatoms. The van der Waals surface area contributed by atoms with Gasteiger partial charge < -0.3 is 13.8 Å². The van der Waals surface area contributed by atoms with Crippen LogP contribution >= 0.6 is 0 Å². The van der Waals surface area contributed by atoms with E-state index in [1.807, 2.05) is 60.4 Å². The summed E-state index contributed by atoms with van der Waals surface area (Å²) >= 11 is 0. The van der Waals surface area contributed by atoms with Crippen LogP contribution in [0.5, 0.6) is 0 Å². The number of nitrogens with one attached hydrogen (secondary N) is 1. The minimum atomic E-state index is -0.146. The number of benzene rings is 1. The van der Waals surface area contributed by atoms with Crippen molar-refractivity contribution in [1.82, 2.24) is 20.3 Å². The fourth-order valence-electron chi connectivity index (χ4n) is 3.66. The smallest absolute Gasteiger partial charge is 0.236 e. The normalized spacial score (nSPS) is 16.1. The lowest BCUT2D eigenvalue weighted by Gasteiger charge is -2.34. The molecule has 0 bridgehead atoms. The van der Waals surface area contributed by atoms with Crippen molar-refractivity contribution in [1.29, 1.82) is 0 Å². The molecule has 0 unspecified atom stereocenters. The molecule has 0 aliphatic carbocycles. The minimum absolute atomic E-state index is 0.106.